The van der Waals surface area contributed by atoms with E-state index in [2.05, 4.69) is 4.98 Å². The third-order valence-corrected chi connectivity index (χ3v) is 2.62. The summed E-state index contributed by atoms with van der Waals surface area (Å²) in [5, 5.41) is 0. The number of ether oxygens (including phenoxy) is 1. The fourth-order valence-electron chi connectivity index (χ4n) is 1.64. The average Bonchev–Trinajstić information content (AvgIpc) is 2.35. The van der Waals surface area contributed by atoms with Crippen molar-refractivity contribution in [1.82, 2.24) is 4.98 Å². The SMILES string of the molecule is CC(C)(Oc1cc(F)ccc1N)c1ccccn1. The molecule has 18 heavy (non-hydrogen) atoms. The van der Waals surface area contributed by atoms with Gasteiger partial charge in [-0.3, -0.25) is 4.98 Å². The van der Waals surface area contributed by atoms with Crippen LogP contribution in [0.5, 0.6) is 5.75 Å². The molecule has 1 aromatic heterocycles. The molecule has 0 aliphatic heterocycles. The highest BCUT2D eigenvalue weighted by Gasteiger charge is 2.25. The van der Waals surface area contributed by atoms with Gasteiger partial charge in [0, 0.05) is 12.3 Å². The number of nitrogens with zero attached hydrogens (tertiary/aromatic N) is 1. The molecule has 3 nitrogen and oxygen atoms in total. The molecule has 0 fully saturated rings. The molecule has 0 amide bonds. The zero-order chi connectivity index (χ0) is 13.2. The molecule has 0 bridgehead atoms. The van der Waals surface area contributed by atoms with Crippen LogP contribution in [-0.2, 0) is 5.60 Å². The lowest BCUT2D eigenvalue weighted by Gasteiger charge is -2.26. The Morgan fingerprint density at radius 1 is 1.22 bits per heavy atom. The smallest absolute Gasteiger partial charge is 0.146 e. The summed E-state index contributed by atoms with van der Waals surface area (Å²) in [7, 11) is 0. The van der Waals surface area contributed by atoms with Crippen molar-refractivity contribution in [1.29, 1.82) is 0 Å². The van der Waals surface area contributed by atoms with E-state index in [4.69, 9.17) is 10.5 Å². The van der Waals surface area contributed by atoms with Gasteiger partial charge in [0.1, 0.15) is 17.2 Å². The molecule has 0 spiro atoms. The van der Waals surface area contributed by atoms with Gasteiger partial charge in [-0.15, -0.1) is 0 Å². The highest BCUT2D eigenvalue weighted by Crippen LogP contribution is 2.30. The van der Waals surface area contributed by atoms with Crippen molar-refractivity contribution in [3.63, 3.8) is 0 Å². The summed E-state index contributed by atoms with van der Waals surface area (Å²) in [6, 6.07) is 9.63. The summed E-state index contributed by atoms with van der Waals surface area (Å²) in [6.45, 7) is 3.72. The summed E-state index contributed by atoms with van der Waals surface area (Å²) < 4.78 is 18.9. The van der Waals surface area contributed by atoms with E-state index in [-0.39, 0.29) is 5.82 Å². The number of hydrogen-bond donors (Lipinski definition) is 1. The molecule has 0 aliphatic carbocycles. The summed E-state index contributed by atoms with van der Waals surface area (Å²) in [6.07, 6.45) is 1.69. The molecule has 0 unspecified atom stereocenters. The number of nitrogen functional groups attached to an aromatic ring is 1. The fourth-order valence-corrected chi connectivity index (χ4v) is 1.64. The monoisotopic (exact) mass is 246 g/mol. The van der Waals surface area contributed by atoms with Crippen LogP contribution in [-0.4, -0.2) is 4.98 Å². The fraction of sp³-hybridized carbons (Fsp3) is 0.214. The predicted molar refractivity (Wildman–Crippen MR) is 68.7 cm³/mol. The Morgan fingerprint density at radius 2 is 2.00 bits per heavy atom. The minimum atomic E-state index is -0.677. The van der Waals surface area contributed by atoms with E-state index < -0.39 is 5.60 Å². The Bertz CT molecular complexity index is 541. The van der Waals surface area contributed by atoms with Gasteiger partial charge in [0.15, 0.2) is 0 Å². The van der Waals surface area contributed by atoms with Crippen LogP contribution in [0.2, 0.25) is 0 Å². The zero-order valence-corrected chi connectivity index (χ0v) is 10.4. The van der Waals surface area contributed by atoms with Crippen molar-refractivity contribution >= 4 is 5.69 Å². The van der Waals surface area contributed by atoms with Gasteiger partial charge in [0.2, 0.25) is 0 Å². The third-order valence-electron chi connectivity index (χ3n) is 2.62. The Balaban J connectivity index is 2.30. The Morgan fingerprint density at radius 3 is 2.67 bits per heavy atom. The van der Waals surface area contributed by atoms with Gasteiger partial charge in [-0.2, -0.15) is 0 Å². The van der Waals surface area contributed by atoms with E-state index in [9.17, 15) is 4.39 Å². The van der Waals surface area contributed by atoms with E-state index in [0.29, 0.717) is 11.4 Å². The van der Waals surface area contributed by atoms with E-state index in [1.54, 1.807) is 6.20 Å². The lowest BCUT2D eigenvalue weighted by Crippen LogP contribution is -2.26. The molecular weight excluding hydrogens is 231 g/mol. The maximum Gasteiger partial charge on any atom is 0.146 e. The van der Waals surface area contributed by atoms with E-state index in [1.165, 1.54) is 18.2 Å². The van der Waals surface area contributed by atoms with Crippen molar-refractivity contribution in [3.05, 3.63) is 54.1 Å². The number of halogens is 1. The number of benzene rings is 1. The summed E-state index contributed by atoms with van der Waals surface area (Å²) in [5.74, 6) is -0.0540. The van der Waals surface area contributed by atoms with Crippen molar-refractivity contribution in [2.24, 2.45) is 0 Å². The lowest BCUT2D eigenvalue weighted by molar-refractivity contribution is 0.104. The topological polar surface area (TPSA) is 48.1 Å². The molecule has 1 heterocycles. The molecule has 1 aromatic carbocycles. The number of aromatic nitrogens is 1. The van der Waals surface area contributed by atoms with Crippen LogP contribution in [0.4, 0.5) is 10.1 Å². The predicted octanol–water partition coefficient (Wildman–Crippen LogP) is 3.12. The van der Waals surface area contributed by atoms with E-state index in [0.717, 1.165) is 5.69 Å². The molecule has 4 heteroatoms. The molecule has 2 aromatic rings. The van der Waals surface area contributed by atoms with Gasteiger partial charge in [0.25, 0.3) is 0 Å². The minimum Gasteiger partial charge on any atom is -0.479 e. The second-order valence-electron chi connectivity index (χ2n) is 4.51. The van der Waals surface area contributed by atoms with Crippen molar-refractivity contribution in [3.8, 4) is 5.75 Å². The maximum absolute atomic E-state index is 13.2. The first-order chi connectivity index (χ1) is 8.49. The van der Waals surface area contributed by atoms with Gasteiger partial charge in [-0.05, 0) is 38.1 Å². The van der Waals surface area contributed by atoms with Crippen LogP contribution >= 0.6 is 0 Å². The van der Waals surface area contributed by atoms with Crippen LogP contribution in [0.3, 0.4) is 0 Å². The van der Waals surface area contributed by atoms with Gasteiger partial charge < -0.3 is 10.5 Å². The van der Waals surface area contributed by atoms with Crippen LogP contribution in [0.25, 0.3) is 0 Å². The Hall–Kier alpha value is -2.10. The molecule has 0 aliphatic rings. The van der Waals surface area contributed by atoms with E-state index in [1.807, 2.05) is 32.0 Å². The summed E-state index contributed by atoms with van der Waals surface area (Å²) >= 11 is 0. The first-order valence-corrected chi connectivity index (χ1v) is 5.64. The molecule has 0 atom stereocenters. The van der Waals surface area contributed by atoms with Crippen LogP contribution in [0.1, 0.15) is 19.5 Å². The minimum absolute atomic E-state index is 0.325. The molecule has 0 saturated carbocycles. The summed E-state index contributed by atoms with van der Waals surface area (Å²) in [4.78, 5) is 4.24. The second kappa shape index (κ2) is 4.64. The number of pyridine rings is 1. The third kappa shape index (κ3) is 2.59. The lowest BCUT2D eigenvalue weighted by atomic mass is 10.0. The number of rotatable bonds is 3. The van der Waals surface area contributed by atoms with Gasteiger partial charge in [-0.1, -0.05) is 6.07 Å². The first-order valence-electron chi connectivity index (χ1n) is 5.64. The van der Waals surface area contributed by atoms with Crippen LogP contribution in [0.15, 0.2) is 42.6 Å². The quantitative estimate of drug-likeness (QED) is 0.846. The van der Waals surface area contributed by atoms with Gasteiger partial charge >= 0.3 is 0 Å². The number of hydrogen-bond acceptors (Lipinski definition) is 3. The Labute approximate surface area is 105 Å². The standard InChI is InChI=1S/C14H15FN2O/c1-14(2,13-5-3-4-8-17-13)18-12-9-10(15)6-7-11(12)16/h3-9H,16H2,1-2H3. The Kier molecular flexibility index (Phi) is 3.19. The normalized spacial score (nSPS) is 11.3. The average molecular weight is 246 g/mol. The second-order valence-corrected chi connectivity index (χ2v) is 4.51. The largest absolute Gasteiger partial charge is 0.479 e. The molecule has 0 saturated heterocycles. The van der Waals surface area contributed by atoms with Gasteiger partial charge in [-0.25, -0.2) is 4.39 Å². The first kappa shape index (κ1) is 12.4. The molecule has 0 radical (unpaired) electrons. The number of nitrogens with two attached hydrogens (primary N) is 1. The highest BCUT2D eigenvalue weighted by atomic mass is 19.1. The molecule has 2 rings (SSSR count). The van der Waals surface area contributed by atoms with Crippen LogP contribution < -0.4 is 10.5 Å². The molecule has 94 valence electrons. The van der Waals surface area contributed by atoms with Crippen LogP contribution in [0, 0.1) is 5.82 Å². The summed E-state index contributed by atoms with van der Waals surface area (Å²) in [5.41, 5.74) is 6.25. The van der Waals surface area contributed by atoms with Crippen molar-refractivity contribution in [2.45, 2.75) is 19.4 Å². The maximum atomic E-state index is 13.2. The number of anilines is 1. The van der Waals surface area contributed by atoms with Crippen molar-refractivity contribution in [2.75, 3.05) is 5.73 Å². The molecule has 2 N–H and O–H groups in total. The van der Waals surface area contributed by atoms with E-state index >= 15 is 0 Å². The van der Waals surface area contributed by atoms with Crippen molar-refractivity contribution < 1.29 is 9.13 Å². The van der Waals surface area contributed by atoms with Gasteiger partial charge in [0.05, 0.1) is 11.4 Å². The zero-order valence-electron chi connectivity index (χ0n) is 10.4. The molecular formula is C14H15FN2O. The highest BCUT2D eigenvalue weighted by molar-refractivity contribution is 5.52.